The van der Waals surface area contributed by atoms with Crippen LogP contribution in [0.15, 0.2) is 47.4 Å². The summed E-state index contributed by atoms with van der Waals surface area (Å²) in [4.78, 5) is 39.9. The first kappa shape index (κ1) is 22.1. The molecule has 30 heavy (non-hydrogen) atoms. The van der Waals surface area contributed by atoms with E-state index in [1.807, 2.05) is 56.3 Å². The minimum atomic E-state index is -0.438. The zero-order chi connectivity index (χ0) is 21.7. The van der Waals surface area contributed by atoms with Crippen LogP contribution in [-0.2, 0) is 20.8 Å². The van der Waals surface area contributed by atoms with Crippen LogP contribution in [0.1, 0.15) is 50.7 Å². The summed E-state index contributed by atoms with van der Waals surface area (Å²) in [6.07, 6.45) is 3.32. The highest BCUT2D eigenvalue weighted by molar-refractivity contribution is 8.00. The van der Waals surface area contributed by atoms with Gasteiger partial charge in [0.2, 0.25) is 17.7 Å². The van der Waals surface area contributed by atoms with Crippen LogP contribution >= 0.6 is 11.8 Å². The molecule has 0 radical (unpaired) electrons. The van der Waals surface area contributed by atoms with Crippen molar-refractivity contribution in [3.63, 3.8) is 0 Å². The Balaban J connectivity index is 1.69. The van der Waals surface area contributed by atoms with E-state index in [9.17, 15) is 14.4 Å². The number of hydrogen-bond donors (Lipinski definition) is 1. The van der Waals surface area contributed by atoms with Crippen molar-refractivity contribution in [2.75, 3.05) is 10.2 Å². The lowest BCUT2D eigenvalue weighted by Crippen LogP contribution is -2.32. The summed E-state index contributed by atoms with van der Waals surface area (Å²) in [6.45, 7) is 6.01. The van der Waals surface area contributed by atoms with Crippen LogP contribution < -0.4 is 10.2 Å². The molecule has 0 saturated carbocycles. The van der Waals surface area contributed by atoms with Crippen molar-refractivity contribution in [1.82, 2.24) is 0 Å². The van der Waals surface area contributed by atoms with Crippen LogP contribution in [0.3, 0.4) is 0 Å². The number of carbonyl (C=O) groups excluding carboxylic acids is 3. The van der Waals surface area contributed by atoms with Gasteiger partial charge in [-0.05, 0) is 55.2 Å². The van der Waals surface area contributed by atoms with Crippen molar-refractivity contribution in [2.24, 2.45) is 0 Å². The quantitative estimate of drug-likeness (QED) is 0.598. The molecule has 0 aliphatic carbocycles. The van der Waals surface area contributed by atoms with E-state index >= 15 is 0 Å². The van der Waals surface area contributed by atoms with E-state index in [0.717, 1.165) is 46.7 Å². The number of benzene rings is 2. The maximum atomic E-state index is 13.1. The number of nitrogens with zero attached hydrogens (tertiary/aromatic N) is 1. The Hall–Kier alpha value is -2.60. The Labute approximate surface area is 182 Å². The summed E-state index contributed by atoms with van der Waals surface area (Å²) in [6, 6.07) is 13.3. The first-order valence-corrected chi connectivity index (χ1v) is 11.3. The topological polar surface area (TPSA) is 66.5 Å². The smallest absolute Gasteiger partial charge is 0.247 e. The van der Waals surface area contributed by atoms with Gasteiger partial charge in [0.15, 0.2) is 0 Å². The first-order chi connectivity index (χ1) is 14.4. The lowest BCUT2D eigenvalue weighted by molar-refractivity contribution is -0.121. The molecule has 0 unspecified atom stereocenters. The summed E-state index contributed by atoms with van der Waals surface area (Å²) < 4.78 is 0. The molecule has 1 atom stereocenters. The summed E-state index contributed by atoms with van der Waals surface area (Å²) in [5.74, 6) is -0.304. The van der Waals surface area contributed by atoms with Gasteiger partial charge in [0.25, 0.3) is 0 Å². The van der Waals surface area contributed by atoms with Crippen molar-refractivity contribution in [3.05, 3.63) is 53.6 Å². The van der Waals surface area contributed by atoms with E-state index in [2.05, 4.69) is 12.2 Å². The third-order valence-corrected chi connectivity index (χ3v) is 6.40. The Kier molecular flexibility index (Phi) is 7.32. The van der Waals surface area contributed by atoms with E-state index < -0.39 is 5.25 Å². The predicted octanol–water partition coefficient (Wildman–Crippen LogP) is 5.11. The predicted molar refractivity (Wildman–Crippen MR) is 122 cm³/mol. The van der Waals surface area contributed by atoms with Crippen molar-refractivity contribution < 1.29 is 14.4 Å². The molecule has 0 bridgehead atoms. The number of carbonyl (C=O) groups is 3. The number of para-hydroxylation sites is 1. The number of anilines is 2. The van der Waals surface area contributed by atoms with Crippen LogP contribution in [-0.4, -0.2) is 23.0 Å². The van der Waals surface area contributed by atoms with Crippen LogP contribution in [0, 0.1) is 6.92 Å². The van der Waals surface area contributed by atoms with Gasteiger partial charge < -0.3 is 5.32 Å². The molecule has 1 saturated heterocycles. The third-order valence-electron chi connectivity index (χ3n) is 5.20. The van der Waals surface area contributed by atoms with E-state index in [-0.39, 0.29) is 24.1 Å². The van der Waals surface area contributed by atoms with Crippen LogP contribution in [0.25, 0.3) is 0 Å². The van der Waals surface area contributed by atoms with Gasteiger partial charge in [0.1, 0.15) is 0 Å². The van der Waals surface area contributed by atoms with Gasteiger partial charge in [-0.25, -0.2) is 4.90 Å². The average molecular weight is 425 g/mol. The number of imide groups is 1. The molecule has 3 rings (SSSR count). The zero-order valence-electron chi connectivity index (χ0n) is 17.7. The Morgan fingerprint density at radius 2 is 1.87 bits per heavy atom. The maximum absolute atomic E-state index is 13.1. The molecular weight excluding hydrogens is 396 g/mol. The van der Waals surface area contributed by atoms with Crippen molar-refractivity contribution >= 4 is 40.9 Å². The lowest BCUT2D eigenvalue weighted by atomic mass is 10.0. The van der Waals surface area contributed by atoms with Crippen molar-refractivity contribution in [3.8, 4) is 0 Å². The molecular formula is C24H28N2O3S. The number of hydrogen-bond acceptors (Lipinski definition) is 4. The van der Waals surface area contributed by atoms with Crippen LogP contribution in [0.2, 0.25) is 0 Å². The van der Waals surface area contributed by atoms with Gasteiger partial charge in [-0.2, -0.15) is 0 Å². The molecule has 1 aliphatic heterocycles. The molecule has 158 valence electrons. The fourth-order valence-electron chi connectivity index (χ4n) is 3.60. The standard InChI is InChI=1S/C24H28N2O3S/c1-4-6-10-21(27)25-18-11-13-19(14-12-18)30-20-15-22(28)26(24(20)29)23-16(3)8-7-9-17(23)5-2/h7-9,11-14,20H,4-6,10,15H2,1-3H3,(H,25,27)/t20-/m1/s1. The van der Waals surface area contributed by atoms with Crippen molar-refractivity contribution in [2.45, 2.75) is 63.0 Å². The summed E-state index contributed by atoms with van der Waals surface area (Å²) >= 11 is 1.40. The van der Waals surface area contributed by atoms with Gasteiger partial charge in [-0.1, -0.05) is 38.5 Å². The van der Waals surface area contributed by atoms with Gasteiger partial charge in [-0.15, -0.1) is 11.8 Å². The monoisotopic (exact) mass is 424 g/mol. The average Bonchev–Trinajstić information content (AvgIpc) is 3.00. The lowest BCUT2D eigenvalue weighted by Gasteiger charge is -2.20. The second kappa shape index (κ2) is 9.94. The van der Waals surface area contributed by atoms with E-state index in [1.165, 1.54) is 16.7 Å². The van der Waals surface area contributed by atoms with Gasteiger partial charge >= 0.3 is 0 Å². The molecule has 1 fully saturated rings. The minimum Gasteiger partial charge on any atom is -0.326 e. The molecule has 2 aromatic rings. The highest BCUT2D eigenvalue weighted by atomic mass is 32.2. The molecule has 5 nitrogen and oxygen atoms in total. The highest BCUT2D eigenvalue weighted by Crippen LogP contribution is 2.37. The summed E-state index contributed by atoms with van der Waals surface area (Å²) in [5, 5.41) is 2.45. The molecule has 1 N–H and O–H groups in total. The summed E-state index contributed by atoms with van der Waals surface area (Å²) in [5.41, 5.74) is 3.42. The largest absolute Gasteiger partial charge is 0.326 e. The van der Waals surface area contributed by atoms with Crippen LogP contribution in [0.4, 0.5) is 11.4 Å². The third kappa shape index (κ3) is 4.93. The maximum Gasteiger partial charge on any atom is 0.247 e. The SMILES string of the molecule is CCCCC(=O)Nc1ccc(S[C@@H]2CC(=O)N(c3c(C)cccc3CC)C2=O)cc1. The number of nitrogens with one attached hydrogen (secondary N) is 1. The first-order valence-electron chi connectivity index (χ1n) is 10.5. The van der Waals surface area contributed by atoms with Gasteiger partial charge in [0, 0.05) is 23.4 Å². The van der Waals surface area contributed by atoms with Crippen LogP contribution in [0.5, 0.6) is 0 Å². The number of amides is 3. The Morgan fingerprint density at radius 3 is 2.53 bits per heavy atom. The molecule has 2 aromatic carbocycles. The molecule has 0 spiro atoms. The van der Waals surface area contributed by atoms with E-state index in [4.69, 9.17) is 0 Å². The number of unbranched alkanes of at least 4 members (excludes halogenated alkanes) is 1. The fraction of sp³-hybridized carbons (Fsp3) is 0.375. The summed E-state index contributed by atoms with van der Waals surface area (Å²) in [7, 11) is 0. The molecule has 1 heterocycles. The number of aryl methyl sites for hydroxylation is 2. The molecule has 0 aromatic heterocycles. The molecule has 6 heteroatoms. The minimum absolute atomic E-state index is 0.00872. The van der Waals surface area contributed by atoms with E-state index in [0.29, 0.717) is 6.42 Å². The van der Waals surface area contributed by atoms with Crippen molar-refractivity contribution in [1.29, 1.82) is 0 Å². The molecule has 1 aliphatic rings. The number of rotatable bonds is 8. The van der Waals surface area contributed by atoms with Gasteiger partial charge in [0.05, 0.1) is 10.9 Å². The number of thioether (sulfide) groups is 1. The Morgan fingerprint density at radius 1 is 1.13 bits per heavy atom. The fourth-order valence-corrected chi connectivity index (χ4v) is 4.65. The highest BCUT2D eigenvalue weighted by Gasteiger charge is 2.41. The van der Waals surface area contributed by atoms with Gasteiger partial charge in [-0.3, -0.25) is 14.4 Å². The normalized spacial score (nSPS) is 16.2. The second-order valence-electron chi connectivity index (χ2n) is 7.49. The Bertz CT molecular complexity index is 940. The second-order valence-corrected chi connectivity index (χ2v) is 8.77. The zero-order valence-corrected chi connectivity index (χ0v) is 18.6. The van der Waals surface area contributed by atoms with E-state index in [1.54, 1.807) is 0 Å². The molecule has 3 amide bonds.